The largest absolute Gasteiger partial charge is 0.487 e. The first-order valence-corrected chi connectivity index (χ1v) is 7.12. The van der Waals surface area contributed by atoms with Crippen molar-refractivity contribution in [1.82, 2.24) is 10.3 Å². The third kappa shape index (κ3) is 4.35. The second-order valence-electron chi connectivity index (χ2n) is 4.80. The van der Waals surface area contributed by atoms with Crippen molar-refractivity contribution >= 4 is 0 Å². The molecule has 0 aliphatic carbocycles. The van der Waals surface area contributed by atoms with Crippen LogP contribution in [0, 0.1) is 6.92 Å². The summed E-state index contributed by atoms with van der Waals surface area (Å²) < 4.78 is 5.79. The first kappa shape index (κ1) is 14.5. The van der Waals surface area contributed by atoms with Gasteiger partial charge in [0.2, 0.25) is 0 Å². The van der Waals surface area contributed by atoms with Crippen molar-refractivity contribution in [2.24, 2.45) is 0 Å². The fraction of sp³-hybridized carbons (Fsp3) is 0.353. The van der Waals surface area contributed by atoms with Gasteiger partial charge in [-0.15, -0.1) is 0 Å². The Balaban J connectivity index is 1.86. The molecule has 0 fully saturated rings. The number of hydrogen-bond acceptors (Lipinski definition) is 3. The van der Waals surface area contributed by atoms with Gasteiger partial charge in [0.05, 0.1) is 5.69 Å². The number of aromatic nitrogens is 1. The lowest BCUT2D eigenvalue weighted by Gasteiger charge is -2.09. The molecule has 1 N–H and O–H groups in total. The molecule has 0 amide bonds. The van der Waals surface area contributed by atoms with Crippen LogP contribution in [0.4, 0.5) is 0 Å². The Labute approximate surface area is 121 Å². The van der Waals surface area contributed by atoms with Crippen LogP contribution in [0.2, 0.25) is 0 Å². The fourth-order valence-electron chi connectivity index (χ4n) is 1.99. The molecule has 1 aromatic heterocycles. The van der Waals surface area contributed by atoms with Crippen LogP contribution >= 0.6 is 0 Å². The zero-order chi connectivity index (χ0) is 14.2. The minimum Gasteiger partial charge on any atom is -0.487 e. The molecule has 20 heavy (non-hydrogen) atoms. The molecule has 3 heteroatoms. The minimum atomic E-state index is 0.583. The summed E-state index contributed by atoms with van der Waals surface area (Å²) in [5, 5.41) is 3.33. The number of ether oxygens (including phenoxy) is 1. The predicted molar refractivity (Wildman–Crippen MR) is 82.0 cm³/mol. The molecule has 1 aromatic carbocycles. The van der Waals surface area contributed by atoms with Crippen molar-refractivity contribution in [3.63, 3.8) is 0 Å². The number of rotatable bonds is 7. The summed E-state index contributed by atoms with van der Waals surface area (Å²) in [5.74, 6) is 0.851. The zero-order valence-corrected chi connectivity index (χ0v) is 12.2. The van der Waals surface area contributed by atoms with Crippen LogP contribution in [0.1, 0.15) is 23.7 Å². The van der Waals surface area contributed by atoms with Gasteiger partial charge < -0.3 is 10.1 Å². The zero-order valence-electron chi connectivity index (χ0n) is 12.2. The third-order valence-corrected chi connectivity index (χ3v) is 3.22. The number of aryl methyl sites for hydroxylation is 1. The fourth-order valence-corrected chi connectivity index (χ4v) is 1.99. The molecular formula is C17H22N2O. The van der Waals surface area contributed by atoms with Crippen LogP contribution < -0.4 is 10.1 Å². The Hall–Kier alpha value is -1.87. The molecule has 1 heterocycles. The summed E-state index contributed by atoms with van der Waals surface area (Å²) in [7, 11) is 0. The normalized spacial score (nSPS) is 10.5. The lowest BCUT2D eigenvalue weighted by Crippen LogP contribution is -2.15. The summed E-state index contributed by atoms with van der Waals surface area (Å²) in [6.45, 7) is 6.72. The smallest absolute Gasteiger partial charge is 0.141 e. The van der Waals surface area contributed by atoms with Crippen LogP contribution in [0.5, 0.6) is 5.75 Å². The number of hydrogen-bond donors (Lipinski definition) is 1. The molecule has 0 saturated heterocycles. The SMILES string of the molecule is CCNCCc1ccc(COc2cccnc2C)cc1. The number of nitrogens with one attached hydrogen (secondary N) is 1. The van der Waals surface area contributed by atoms with E-state index in [1.807, 2.05) is 19.1 Å². The van der Waals surface area contributed by atoms with Gasteiger partial charge in [0.1, 0.15) is 12.4 Å². The molecule has 0 radical (unpaired) electrons. The van der Waals surface area contributed by atoms with Crippen molar-refractivity contribution in [3.8, 4) is 5.75 Å². The average Bonchev–Trinajstić information content (AvgIpc) is 2.48. The molecule has 3 nitrogen and oxygen atoms in total. The molecule has 0 saturated carbocycles. The molecule has 2 rings (SSSR count). The maximum Gasteiger partial charge on any atom is 0.141 e. The Kier molecular flexibility index (Phi) is 5.56. The van der Waals surface area contributed by atoms with Crippen molar-refractivity contribution in [3.05, 3.63) is 59.4 Å². The second-order valence-corrected chi connectivity index (χ2v) is 4.80. The van der Waals surface area contributed by atoms with Crippen molar-refractivity contribution in [2.75, 3.05) is 13.1 Å². The molecule has 0 spiro atoms. The molecule has 106 valence electrons. The standard InChI is InChI=1S/C17H22N2O/c1-3-18-12-10-15-6-8-16(9-7-15)13-20-17-5-4-11-19-14(17)2/h4-9,11,18H,3,10,12-13H2,1-2H3. The van der Waals surface area contributed by atoms with Gasteiger partial charge in [0.15, 0.2) is 0 Å². The summed E-state index contributed by atoms with van der Waals surface area (Å²) in [4.78, 5) is 4.22. The van der Waals surface area contributed by atoms with Crippen LogP contribution in [0.15, 0.2) is 42.6 Å². The van der Waals surface area contributed by atoms with Gasteiger partial charge in [-0.05, 0) is 49.7 Å². The van der Waals surface area contributed by atoms with E-state index in [2.05, 4.69) is 41.5 Å². The molecule has 0 aliphatic heterocycles. The van der Waals surface area contributed by atoms with Crippen LogP contribution in [-0.2, 0) is 13.0 Å². The van der Waals surface area contributed by atoms with Gasteiger partial charge in [-0.1, -0.05) is 31.2 Å². The van der Waals surface area contributed by atoms with E-state index in [1.54, 1.807) is 6.20 Å². The average molecular weight is 270 g/mol. The van der Waals surface area contributed by atoms with E-state index >= 15 is 0 Å². The first-order valence-electron chi connectivity index (χ1n) is 7.12. The van der Waals surface area contributed by atoms with E-state index in [-0.39, 0.29) is 0 Å². The van der Waals surface area contributed by atoms with Gasteiger partial charge in [-0.25, -0.2) is 0 Å². The number of likely N-dealkylation sites (N-methyl/N-ethyl adjacent to an activating group) is 1. The molecule has 0 atom stereocenters. The van der Waals surface area contributed by atoms with E-state index in [0.717, 1.165) is 31.0 Å². The van der Waals surface area contributed by atoms with Crippen molar-refractivity contribution < 1.29 is 4.74 Å². The summed E-state index contributed by atoms with van der Waals surface area (Å²) in [5.41, 5.74) is 3.46. The lowest BCUT2D eigenvalue weighted by molar-refractivity contribution is 0.302. The predicted octanol–water partition coefficient (Wildman–Crippen LogP) is 3.12. The minimum absolute atomic E-state index is 0.583. The van der Waals surface area contributed by atoms with Crippen molar-refractivity contribution in [1.29, 1.82) is 0 Å². The van der Waals surface area contributed by atoms with E-state index in [0.29, 0.717) is 6.61 Å². The van der Waals surface area contributed by atoms with E-state index in [1.165, 1.54) is 11.1 Å². The molecule has 0 aliphatic rings. The highest BCUT2D eigenvalue weighted by Crippen LogP contribution is 2.16. The van der Waals surface area contributed by atoms with Crippen LogP contribution in [0.25, 0.3) is 0 Å². The van der Waals surface area contributed by atoms with Crippen LogP contribution in [-0.4, -0.2) is 18.1 Å². The quantitative estimate of drug-likeness (QED) is 0.785. The lowest BCUT2D eigenvalue weighted by atomic mass is 10.1. The number of benzene rings is 1. The highest BCUT2D eigenvalue weighted by atomic mass is 16.5. The van der Waals surface area contributed by atoms with Crippen LogP contribution in [0.3, 0.4) is 0 Å². The highest BCUT2D eigenvalue weighted by molar-refractivity contribution is 5.27. The van der Waals surface area contributed by atoms with Gasteiger partial charge in [-0.2, -0.15) is 0 Å². The summed E-state index contributed by atoms with van der Waals surface area (Å²) >= 11 is 0. The second kappa shape index (κ2) is 7.65. The highest BCUT2D eigenvalue weighted by Gasteiger charge is 2.00. The summed E-state index contributed by atoms with van der Waals surface area (Å²) in [6.07, 6.45) is 2.85. The molecule has 0 bridgehead atoms. The molecule has 2 aromatic rings. The van der Waals surface area contributed by atoms with Gasteiger partial charge in [-0.3, -0.25) is 4.98 Å². The van der Waals surface area contributed by atoms with E-state index in [4.69, 9.17) is 4.74 Å². The number of pyridine rings is 1. The molecule has 0 unspecified atom stereocenters. The third-order valence-electron chi connectivity index (χ3n) is 3.22. The Bertz CT molecular complexity index is 523. The Morgan fingerprint density at radius 3 is 2.55 bits per heavy atom. The summed E-state index contributed by atoms with van der Waals surface area (Å²) in [6, 6.07) is 12.5. The molecular weight excluding hydrogens is 248 g/mol. The maximum absolute atomic E-state index is 5.79. The Morgan fingerprint density at radius 1 is 1.10 bits per heavy atom. The number of nitrogens with zero attached hydrogens (tertiary/aromatic N) is 1. The maximum atomic E-state index is 5.79. The first-order chi connectivity index (χ1) is 9.79. The van der Waals surface area contributed by atoms with Gasteiger partial charge >= 0.3 is 0 Å². The topological polar surface area (TPSA) is 34.1 Å². The monoisotopic (exact) mass is 270 g/mol. The van der Waals surface area contributed by atoms with Gasteiger partial charge in [0, 0.05) is 6.20 Å². The van der Waals surface area contributed by atoms with Crippen molar-refractivity contribution in [2.45, 2.75) is 26.9 Å². The van der Waals surface area contributed by atoms with Gasteiger partial charge in [0.25, 0.3) is 0 Å². The van der Waals surface area contributed by atoms with E-state index in [9.17, 15) is 0 Å². The Morgan fingerprint density at radius 2 is 1.85 bits per heavy atom. The van der Waals surface area contributed by atoms with E-state index < -0.39 is 0 Å².